The van der Waals surface area contributed by atoms with E-state index >= 15 is 0 Å². The summed E-state index contributed by atoms with van der Waals surface area (Å²) in [6.07, 6.45) is 7.97. The summed E-state index contributed by atoms with van der Waals surface area (Å²) in [6.45, 7) is 3.44. The Morgan fingerprint density at radius 3 is 2.25 bits per heavy atom. The lowest BCUT2D eigenvalue weighted by Gasteiger charge is -2.38. The van der Waals surface area contributed by atoms with E-state index in [9.17, 15) is 4.79 Å². The standard InChI is InChI=1S/C16H30N2O2/c1-17(2)10-11-18(15-8-12-20-13-9-15)16(19)14-6-4-3-5-7-14/h14-15H,3-13H2,1-2H3. The molecular weight excluding hydrogens is 252 g/mol. The molecule has 0 atom stereocenters. The first kappa shape index (κ1) is 15.8. The van der Waals surface area contributed by atoms with Crippen molar-refractivity contribution in [2.24, 2.45) is 5.92 Å². The van der Waals surface area contributed by atoms with Crippen LogP contribution in [-0.4, -0.2) is 62.1 Å². The van der Waals surface area contributed by atoms with Gasteiger partial charge in [0.25, 0.3) is 0 Å². The first-order valence-corrected chi connectivity index (χ1v) is 8.21. The van der Waals surface area contributed by atoms with E-state index in [-0.39, 0.29) is 5.92 Å². The third-order valence-corrected chi connectivity index (χ3v) is 4.66. The third kappa shape index (κ3) is 4.45. The van der Waals surface area contributed by atoms with Gasteiger partial charge in [0.1, 0.15) is 0 Å². The van der Waals surface area contributed by atoms with E-state index in [0.29, 0.717) is 11.9 Å². The summed E-state index contributed by atoms with van der Waals surface area (Å²) in [5.41, 5.74) is 0. The second-order valence-corrected chi connectivity index (χ2v) is 6.51. The van der Waals surface area contributed by atoms with Crippen LogP contribution in [0.25, 0.3) is 0 Å². The van der Waals surface area contributed by atoms with Gasteiger partial charge in [-0.25, -0.2) is 0 Å². The summed E-state index contributed by atoms with van der Waals surface area (Å²) in [6, 6.07) is 0.401. The second kappa shape index (κ2) is 7.99. The smallest absolute Gasteiger partial charge is 0.225 e. The monoisotopic (exact) mass is 282 g/mol. The Balaban J connectivity index is 1.97. The normalized spacial score (nSPS) is 22.1. The molecule has 2 rings (SSSR count). The van der Waals surface area contributed by atoms with Crippen molar-refractivity contribution >= 4 is 5.91 Å². The van der Waals surface area contributed by atoms with Gasteiger partial charge in [0.15, 0.2) is 0 Å². The van der Waals surface area contributed by atoms with Crippen LogP contribution in [0.4, 0.5) is 0 Å². The molecule has 2 aliphatic rings. The summed E-state index contributed by atoms with van der Waals surface area (Å²) in [4.78, 5) is 17.2. The lowest BCUT2D eigenvalue weighted by molar-refractivity contribution is -0.141. The minimum atomic E-state index is 0.286. The van der Waals surface area contributed by atoms with Crippen molar-refractivity contribution in [2.75, 3.05) is 40.4 Å². The van der Waals surface area contributed by atoms with Crippen LogP contribution >= 0.6 is 0 Å². The number of hydrogen-bond acceptors (Lipinski definition) is 3. The van der Waals surface area contributed by atoms with Crippen molar-refractivity contribution in [2.45, 2.75) is 51.0 Å². The molecule has 0 aromatic carbocycles. The average molecular weight is 282 g/mol. The maximum atomic E-state index is 12.9. The minimum absolute atomic E-state index is 0.286. The van der Waals surface area contributed by atoms with Gasteiger partial charge in [-0.05, 0) is 39.8 Å². The van der Waals surface area contributed by atoms with E-state index in [1.165, 1.54) is 19.3 Å². The summed E-state index contributed by atoms with van der Waals surface area (Å²) in [5.74, 6) is 0.701. The number of amides is 1. The summed E-state index contributed by atoms with van der Waals surface area (Å²) in [7, 11) is 4.15. The lowest BCUT2D eigenvalue weighted by atomic mass is 9.87. The molecule has 1 saturated heterocycles. The number of hydrogen-bond donors (Lipinski definition) is 0. The average Bonchev–Trinajstić information content (AvgIpc) is 2.49. The highest BCUT2D eigenvalue weighted by atomic mass is 16.5. The van der Waals surface area contributed by atoms with Crippen LogP contribution in [0.2, 0.25) is 0 Å². The molecule has 4 heteroatoms. The lowest BCUT2D eigenvalue weighted by Crippen LogP contribution is -2.48. The summed E-state index contributed by atoms with van der Waals surface area (Å²) >= 11 is 0. The maximum absolute atomic E-state index is 12.9. The van der Waals surface area contributed by atoms with Gasteiger partial charge in [0, 0.05) is 38.3 Å². The molecule has 0 radical (unpaired) electrons. The fraction of sp³-hybridized carbons (Fsp3) is 0.938. The van der Waals surface area contributed by atoms with Gasteiger partial charge in [-0.15, -0.1) is 0 Å². The van der Waals surface area contributed by atoms with Crippen LogP contribution in [0.3, 0.4) is 0 Å². The molecule has 1 heterocycles. The van der Waals surface area contributed by atoms with Gasteiger partial charge in [-0.3, -0.25) is 4.79 Å². The highest BCUT2D eigenvalue weighted by Crippen LogP contribution is 2.27. The number of likely N-dealkylation sites (N-methyl/N-ethyl adjacent to an activating group) is 1. The fourth-order valence-corrected chi connectivity index (χ4v) is 3.36. The highest BCUT2D eigenvalue weighted by molar-refractivity contribution is 5.79. The Kier molecular flexibility index (Phi) is 6.30. The molecule has 0 spiro atoms. The number of carbonyl (C=O) groups is 1. The van der Waals surface area contributed by atoms with Crippen molar-refractivity contribution in [1.82, 2.24) is 9.80 Å². The van der Waals surface area contributed by atoms with Gasteiger partial charge < -0.3 is 14.5 Å². The Bertz CT molecular complexity index is 295. The number of rotatable bonds is 5. The van der Waals surface area contributed by atoms with Crippen molar-refractivity contribution in [3.8, 4) is 0 Å². The molecule has 0 bridgehead atoms. The van der Waals surface area contributed by atoms with Gasteiger partial charge >= 0.3 is 0 Å². The van der Waals surface area contributed by atoms with E-state index in [0.717, 1.165) is 52.0 Å². The van der Waals surface area contributed by atoms with E-state index in [2.05, 4.69) is 23.9 Å². The Hall–Kier alpha value is -0.610. The van der Waals surface area contributed by atoms with E-state index in [4.69, 9.17) is 4.74 Å². The molecular formula is C16H30N2O2. The zero-order valence-corrected chi connectivity index (χ0v) is 13.1. The molecule has 2 fully saturated rings. The summed E-state index contributed by atoms with van der Waals surface area (Å²) in [5, 5.41) is 0. The van der Waals surface area contributed by atoms with Gasteiger partial charge in [0.2, 0.25) is 5.91 Å². The SMILES string of the molecule is CN(C)CCN(C(=O)C1CCCCC1)C1CCOCC1. The van der Waals surface area contributed by atoms with E-state index < -0.39 is 0 Å². The molecule has 1 amide bonds. The van der Waals surface area contributed by atoms with Crippen LogP contribution in [0.1, 0.15) is 44.9 Å². The first-order chi connectivity index (χ1) is 9.68. The molecule has 20 heavy (non-hydrogen) atoms. The van der Waals surface area contributed by atoms with E-state index in [1.54, 1.807) is 0 Å². The van der Waals surface area contributed by atoms with Crippen LogP contribution in [0.15, 0.2) is 0 Å². The zero-order chi connectivity index (χ0) is 14.4. The second-order valence-electron chi connectivity index (χ2n) is 6.51. The fourth-order valence-electron chi connectivity index (χ4n) is 3.36. The van der Waals surface area contributed by atoms with Crippen molar-refractivity contribution < 1.29 is 9.53 Å². The third-order valence-electron chi connectivity index (χ3n) is 4.66. The zero-order valence-electron chi connectivity index (χ0n) is 13.1. The molecule has 1 saturated carbocycles. The Morgan fingerprint density at radius 2 is 1.65 bits per heavy atom. The van der Waals surface area contributed by atoms with Gasteiger partial charge in [-0.1, -0.05) is 19.3 Å². The van der Waals surface area contributed by atoms with Crippen LogP contribution < -0.4 is 0 Å². The largest absolute Gasteiger partial charge is 0.381 e. The molecule has 0 unspecified atom stereocenters. The van der Waals surface area contributed by atoms with Crippen molar-refractivity contribution in [3.63, 3.8) is 0 Å². The van der Waals surface area contributed by atoms with Crippen molar-refractivity contribution in [3.05, 3.63) is 0 Å². The predicted octanol–water partition coefficient (Wildman–Crippen LogP) is 2.14. The maximum Gasteiger partial charge on any atom is 0.225 e. The van der Waals surface area contributed by atoms with Gasteiger partial charge in [0.05, 0.1) is 0 Å². The molecule has 4 nitrogen and oxygen atoms in total. The topological polar surface area (TPSA) is 32.8 Å². The number of nitrogens with zero attached hydrogens (tertiary/aromatic N) is 2. The van der Waals surface area contributed by atoms with Gasteiger partial charge in [-0.2, -0.15) is 0 Å². The Labute approximate surface area is 123 Å². The number of carbonyl (C=O) groups excluding carboxylic acids is 1. The molecule has 0 aromatic rings. The van der Waals surface area contributed by atoms with E-state index in [1.807, 2.05) is 0 Å². The van der Waals surface area contributed by atoms with Crippen LogP contribution in [-0.2, 0) is 9.53 Å². The molecule has 1 aliphatic carbocycles. The quantitative estimate of drug-likeness (QED) is 0.774. The van der Waals surface area contributed by atoms with Crippen LogP contribution in [0.5, 0.6) is 0 Å². The summed E-state index contributed by atoms with van der Waals surface area (Å²) < 4.78 is 5.45. The molecule has 1 aliphatic heterocycles. The molecule has 0 aromatic heterocycles. The Morgan fingerprint density at radius 1 is 1.00 bits per heavy atom. The van der Waals surface area contributed by atoms with Crippen molar-refractivity contribution in [1.29, 1.82) is 0 Å². The molecule has 0 N–H and O–H groups in total. The van der Waals surface area contributed by atoms with Crippen LogP contribution in [0, 0.1) is 5.92 Å². The first-order valence-electron chi connectivity index (χ1n) is 8.21. The molecule has 116 valence electrons. The minimum Gasteiger partial charge on any atom is -0.381 e. The number of ether oxygens (including phenoxy) is 1. The predicted molar refractivity (Wildman–Crippen MR) is 80.7 cm³/mol. The highest BCUT2D eigenvalue weighted by Gasteiger charge is 2.31.